The third kappa shape index (κ3) is 1.67. The maximum Gasteiger partial charge on any atom is 0.224 e. The van der Waals surface area contributed by atoms with Crippen molar-refractivity contribution >= 4 is 23.1 Å². The van der Waals surface area contributed by atoms with Crippen LogP contribution in [0.4, 0.5) is 0 Å². The molecule has 1 aromatic rings. The largest absolute Gasteiger partial charge is 0.369 e. The second-order valence-electron chi connectivity index (χ2n) is 4.11. The molecule has 3 heteroatoms. The summed E-state index contributed by atoms with van der Waals surface area (Å²) in [5.74, 6) is -2.52. The first-order valence-electron chi connectivity index (χ1n) is 8.24. The minimum Gasteiger partial charge on any atom is -0.369 e. The van der Waals surface area contributed by atoms with E-state index in [0.717, 1.165) is 0 Å². The van der Waals surface area contributed by atoms with Crippen LogP contribution in [0.3, 0.4) is 0 Å². The molecular formula is C14H14ClNO. The number of carbonyl (C=O) groups is 1. The third-order valence-electron chi connectivity index (χ3n) is 3.08. The van der Waals surface area contributed by atoms with Gasteiger partial charge in [-0.25, -0.2) is 0 Å². The van der Waals surface area contributed by atoms with Gasteiger partial charge in [0, 0.05) is 13.2 Å². The molecule has 0 heterocycles. The molecule has 2 nitrogen and oxygen atoms in total. The van der Waals surface area contributed by atoms with E-state index < -0.39 is 30.9 Å². The second kappa shape index (κ2) is 3.88. The van der Waals surface area contributed by atoms with E-state index in [4.69, 9.17) is 25.6 Å². The minimum absolute atomic E-state index is 0.000995. The minimum atomic E-state index is -2.93. The van der Waals surface area contributed by atoms with Crippen LogP contribution in [0.5, 0.6) is 0 Å². The number of rotatable bonds is 1. The lowest BCUT2D eigenvalue weighted by Crippen LogP contribution is -2.27. The van der Waals surface area contributed by atoms with Gasteiger partial charge in [0.2, 0.25) is 5.91 Å². The van der Waals surface area contributed by atoms with Crippen LogP contribution in [0.2, 0.25) is 5.02 Å². The predicted octanol–water partition coefficient (Wildman–Crippen LogP) is 2.94. The molecule has 88 valence electrons. The number of allylic oxidation sites excluding steroid dienone is 1. The van der Waals surface area contributed by atoms with Crippen molar-refractivity contribution in [2.75, 3.05) is 0 Å². The fourth-order valence-corrected chi connectivity index (χ4v) is 2.47. The van der Waals surface area contributed by atoms with Crippen LogP contribution in [0.25, 0.3) is 5.57 Å². The van der Waals surface area contributed by atoms with Gasteiger partial charge in [-0.3, -0.25) is 4.79 Å². The molecule has 3 rings (SSSR count). The summed E-state index contributed by atoms with van der Waals surface area (Å²) in [6, 6.07) is 4.82. The summed E-state index contributed by atoms with van der Waals surface area (Å²) >= 11 is 5.97. The lowest BCUT2D eigenvalue weighted by atomic mass is 9.82. The highest BCUT2D eigenvalue weighted by Gasteiger charge is 2.32. The Kier molecular flexibility index (Phi) is 1.38. The van der Waals surface area contributed by atoms with Gasteiger partial charge in [-0.2, -0.15) is 0 Å². The van der Waals surface area contributed by atoms with Crippen molar-refractivity contribution in [1.82, 2.24) is 0 Å². The average molecular weight is 254 g/mol. The van der Waals surface area contributed by atoms with Crippen LogP contribution in [-0.4, -0.2) is 5.91 Å². The first-order valence-corrected chi connectivity index (χ1v) is 5.62. The van der Waals surface area contributed by atoms with Crippen LogP contribution in [0, 0.1) is 5.92 Å². The standard InChI is InChI=1S/C14H14ClNO/c15-9-5-4-8-6-13-10(12(8)7-9)2-1-3-11(13)14(16)17/h4-5,7,11H,1-3,6H2,(H2,16,17)/t11-/m1/s1/i1D2,2D2,3D2. The molecule has 1 amide bonds. The summed E-state index contributed by atoms with van der Waals surface area (Å²) in [7, 11) is 0. The summed E-state index contributed by atoms with van der Waals surface area (Å²) in [6.45, 7) is 0. The Morgan fingerprint density at radius 1 is 1.53 bits per heavy atom. The van der Waals surface area contributed by atoms with Crippen molar-refractivity contribution < 1.29 is 13.0 Å². The van der Waals surface area contributed by atoms with Crippen LogP contribution >= 0.6 is 11.6 Å². The Morgan fingerprint density at radius 2 is 2.35 bits per heavy atom. The first-order chi connectivity index (χ1) is 10.4. The van der Waals surface area contributed by atoms with E-state index in [1.165, 1.54) is 6.07 Å². The monoisotopic (exact) mass is 253 g/mol. The van der Waals surface area contributed by atoms with E-state index >= 15 is 0 Å². The van der Waals surface area contributed by atoms with Crippen LogP contribution in [0.15, 0.2) is 23.8 Å². The van der Waals surface area contributed by atoms with Gasteiger partial charge < -0.3 is 5.73 Å². The number of carbonyl (C=O) groups excluding carboxylic acids is 1. The fourth-order valence-electron chi connectivity index (χ4n) is 2.30. The Hall–Kier alpha value is -1.28. The normalized spacial score (nSPS) is 36.4. The number of nitrogens with two attached hydrogens (primary N) is 1. The zero-order chi connectivity index (χ0) is 17.4. The van der Waals surface area contributed by atoms with E-state index in [-0.39, 0.29) is 17.6 Å². The maximum absolute atomic E-state index is 11.9. The van der Waals surface area contributed by atoms with Crippen molar-refractivity contribution in [3.63, 3.8) is 0 Å². The van der Waals surface area contributed by atoms with E-state index in [1.54, 1.807) is 12.1 Å². The Labute approximate surface area is 114 Å². The molecule has 1 atom stereocenters. The van der Waals surface area contributed by atoms with Crippen molar-refractivity contribution in [3.8, 4) is 0 Å². The van der Waals surface area contributed by atoms with Gasteiger partial charge in [-0.15, -0.1) is 0 Å². The number of halogens is 1. The highest BCUT2D eigenvalue weighted by atomic mass is 35.5. The van der Waals surface area contributed by atoms with E-state index in [1.807, 2.05) is 0 Å². The number of amides is 1. The van der Waals surface area contributed by atoms with Gasteiger partial charge in [0.15, 0.2) is 0 Å². The molecule has 0 radical (unpaired) electrons. The molecule has 2 aliphatic carbocycles. The quantitative estimate of drug-likeness (QED) is 0.822. The SMILES string of the molecule is [2H]C1([2H])C2=C(Cc3ccc(Cl)cc32)[C@H](C(N)=O)C([2H])([2H])C1([2H])[2H]. The summed E-state index contributed by atoms with van der Waals surface area (Å²) in [5.41, 5.74) is 6.66. The van der Waals surface area contributed by atoms with Gasteiger partial charge in [0.05, 0.1) is 5.92 Å². The molecule has 0 fully saturated rings. The lowest BCUT2D eigenvalue weighted by Gasteiger charge is -2.22. The topological polar surface area (TPSA) is 43.1 Å². The van der Waals surface area contributed by atoms with Gasteiger partial charge in [0.1, 0.15) is 0 Å². The Bertz CT molecular complexity index is 758. The number of hydrogen-bond donors (Lipinski definition) is 1. The molecule has 0 spiro atoms. The zero-order valence-electron chi connectivity index (χ0n) is 14.9. The molecule has 2 aliphatic rings. The molecule has 17 heavy (non-hydrogen) atoms. The molecule has 0 bridgehead atoms. The first kappa shape index (κ1) is 6.05. The summed E-state index contributed by atoms with van der Waals surface area (Å²) in [5, 5.41) is 0.359. The average Bonchev–Trinajstić information content (AvgIpc) is 2.74. The highest BCUT2D eigenvalue weighted by molar-refractivity contribution is 6.30. The van der Waals surface area contributed by atoms with Gasteiger partial charge in [-0.1, -0.05) is 17.7 Å². The second-order valence-corrected chi connectivity index (χ2v) is 4.54. The van der Waals surface area contributed by atoms with Crippen LogP contribution in [-0.2, 0) is 11.2 Å². The smallest absolute Gasteiger partial charge is 0.224 e. The van der Waals surface area contributed by atoms with Crippen molar-refractivity contribution in [2.45, 2.75) is 25.5 Å². The van der Waals surface area contributed by atoms with Crippen LogP contribution < -0.4 is 5.73 Å². The maximum atomic E-state index is 11.9. The molecule has 0 saturated heterocycles. The molecule has 0 unspecified atom stereocenters. The molecule has 0 aliphatic heterocycles. The summed E-state index contributed by atoms with van der Waals surface area (Å²) in [6.07, 6.45) is -8.15. The van der Waals surface area contributed by atoms with E-state index in [9.17, 15) is 4.79 Å². The van der Waals surface area contributed by atoms with Gasteiger partial charge >= 0.3 is 0 Å². The number of primary amides is 1. The number of fused-ring (bicyclic) bond motifs is 2. The number of hydrogen-bond acceptors (Lipinski definition) is 1. The number of benzene rings is 1. The Morgan fingerprint density at radius 3 is 3.12 bits per heavy atom. The molecule has 2 N–H and O–H groups in total. The zero-order valence-corrected chi connectivity index (χ0v) is 9.64. The van der Waals surface area contributed by atoms with E-state index in [2.05, 4.69) is 0 Å². The molecule has 0 aromatic heterocycles. The highest BCUT2D eigenvalue weighted by Crippen LogP contribution is 2.44. The van der Waals surface area contributed by atoms with Crippen molar-refractivity contribution in [1.29, 1.82) is 0 Å². The summed E-state index contributed by atoms with van der Waals surface area (Å²) in [4.78, 5) is 11.9. The van der Waals surface area contributed by atoms with Gasteiger partial charge in [-0.05, 0) is 59.9 Å². The van der Waals surface area contributed by atoms with Gasteiger partial charge in [0.25, 0.3) is 0 Å². The van der Waals surface area contributed by atoms with Crippen LogP contribution in [0.1, 0.15) is 38.5 Å². The summed E-state index contributed by atoms with van der Waals surface area (Å²) < 4.78 is 48.7. The Balaban J connectivity index is 2.36. The lowest BCUT2D eigenvalue weighted by molar-refractivity contribution is -0.121. The fraction of sp³-hybridized carbons (Fsp3) is 0.357. The predicted molar refractivity (Wildman–Crippen MR) is 68.6 cm³/mol. The van der Waals surface area contributed by atoms with Crippen molar-refractivity contribution in [3.05, 3.63) is 39.9 Å². The van der Waals surface area contributed by atoms with Crippen molar-refractivity contribution in [2.24, 2.45) is 11.7 Å². The van der Waals surface area contributed by atoms with E-state index in [0.29, 0.717) is 16.1 Å². The molecule has 1 aromatic carbocycles. The molecule has 0 saturated carbocycles. The third-order valence-corrected chi connectivity index (χ3v) is 3.32. The molecular weight excluding hydrogens is 234 g/mol.